The molecule has 382 valence electrons. The van der Waals surface area contributed by atoms with Crippen molar-refractivity contribution in [1.82, 2.24) is 40.7 Å². The molecule has 15 nitrogen and oxygen atoms in total. The summed E-state index contributed by atoms with van der Waals surface area (Å²) in [5.74, 6) is -0.464. The number of carboxylic acid groups (broad SMARTS) is 1. The topological polar surface area (TPSA) is 196 Å². The number of halogens is 1. The highest BCUT2D eigenvalue weighted by atomic mass is 127. The number of nitrogens with zero attached hydrogens (tertiary/aromatic N) is 5. The molecule has 5 rings (SSSR count). The van der Waals surface area contributed by atoms with Crippen LogP contribution in [0.25, 0.3) is 0 Å². The second kappa shape index (κ2) is 29.4. The maximum absolute atomic E-state index is 14.0. The minimum atomic E-state index is -1.30. The number of thiazole rings is 3. The molecule has 5 amide bonds. The number of carbonyl (C=O) groups is 5. The van der Waals surface area contributed by atoms with Crippen molar-refractivity contribution in [3.63, 3.8) is 0 Å². The molecule has 2 aromatic carbocycles. The van der Waals surface area contributed by atoms with Crippen molar-refractivity contribution in [2.75, 3.05) is 14.1 Å². The zero-order valence-electron chi connectivity index (χ0n) is 42.0. The van der Waals surface area contributed by atoms with Crippen LogP contribution >= 0.6 is 58.0 Å². The number of ketones is 1. The first-order valence-electron chi connectivity index (χ1n) is 23.3. The minimum Gasteiger partial charge on any atom is -0.480 e. The highest BCUT2D eigenvalue weighted by Gasteiger charge is 2.31. The van der Waals surface area contributed by atoms with Crippen LogP contribution in [0.15, 0.2) is 83.1 Å². The van der Waals surface area contributed by atoms with E-state index >= 15 is 0 Å². The zero-order chi connectivity index (χ0) is 50.7. The lowest BCUT2D eigenvalue weighted by Crippen LogP contribution is -2.53. The van der Waals surface area contributed by atoms with Crippen LogP contribution < -0.4 is 16.0 Å². The van der Waals surface area contributed by atoms with Crippen LogP contribution in [0.5, 0.6) is 0 Å². The smallest absolute Gasteiger partial charge is 0.407 e. The average Bonchev–Trinajstić information content (AvgIpc) is 4.11. The highest BCUT2D eigenvalue weighted by molar-refractivity contribution is 14.0. The predicted molar refractivity (Wildman–Crippen MR) is 290 cm³/mol. The van der Waals surface area contributed by atoms with Gasteiger partial charge in [0, 0.05) is 55.4 Å². The summed E-state index contributed by atoms with van der Waals surface area (Å²) in [6.07, 6.45) is 4.22. The Balaban J connectivity index is 0.000000518. The Bertz CT molecular complexity index is 2360. The molecule has 0 radical (unpaired) electrons. The number of nitrogens with one attached hydrogen (secondary N) is 3. The van der Waals surface area contributed by atoms with E-state index in [2.05, 4.69) is 70.7 Å². The van der Waals surface area contributed by atoms with Gasteiger partial charge in [0.05, 0.1) is 50.9 Å². The van der Waals surface area contributed by atoms with Gasteiger partial charge in [0.2, 0.25) is 0 Å². The summed E-state index contributed by atoms with van der Waals surface area (Å²) in [7, 11) is 3.34. The lowest BCUT2D eigenvalue weighted by Gasteiger charge is -2.27. The number of carboxylic acids is 1. The van der Waals surface area contributed by atoms with Gasteiger partial charge in [-0.15, -0.1) is 58.0 Å². The van der Waals surface area contributed by atoms with E-state index in [4.69, 9.17) is 9.84 Å². The Morgan fingerprint density at radius 1 is 0.729 bits per heavy atom. The number of amides is 5. The number of Topliss-reactive ketones (excluding diaryl/α,β-unsaturated/α-hetero) is 1. The molecule has 0 aliphatic carbocycles. The van der Waals surface area contributed by atoms with Gasteiger partial charge in [-0.3, -0.25) is 9.78 Å². The van der Waals surface area contributed by atoms with E-state index in [9.17, 15) is 24.0 Å². The molecule has 0 aliphatic rings. The number of rotatable bonds is 23. The molecule has 0 fully saturated rings. The van der Waals surface area contributed by atoms with E-state index in [0.29, 0.717) is 57.0 Å². The summed E-state index contributed by atoms with van der Waals surface area (Å²) in [6, 6.07) is 18.6. The number of alkyl carbamates (subject to hydrolysis) is 1. The lowest BCUT2D eigenvalue weighted by molar-refractivity contribution is -0.143. The number of hydrogen-bond acceptors (Lipinski definition) is 12. The minimum absolute atomic E-state index is 0. The summed E-state index contributed by atoms with van der Waals surface area (Å²) in [5.41, 5.74) is 4.32. The number of urea groups is 2. The van der Waals surface area contributed by atoms with Crippen LogP contribution in [0.3, 0.4) is 0 Å². The predicted octanol–water partition coefficient (Wildman–Crippen LogP) is 10.9. The van der Waals surface area contributed by atoms with Crippen LogP contribution in [0, 0.1) is 11.8 Å². The number of carbonyl (C=O) groups excluding carboxylic acids is 4. The Hall–Kier alpha value is -4.99. The summed E-state index contributed by atoms with van der Waals surface area (Å²) in [5, 5.41) is 23.5. The third kappa shape index (κ3) is 20.4. The summed E-state index contributed by atoms with van der Waals surface area (Å²) in [4.78, 5) is 80.0. The fourth-order valence-electron chi connectivity index (χ4n) is 7.08. The first-order valence-corrected chi connectivity index (χ1v) is 25.9. The zero-order valence-corrected chi connectivity index (χ0v) is 46.7. The molecular weight excluding hydrogens is 1060 g/mol. The first kappa shape index (κ1) is 59.3. The molecule has 5 aromatic rings. The van der Waals surface area contributed by atoms with Gasteiger partial charge in [-0.1, -0.05) is 102 Å². The Kier molecular flexibility index (Phi) is 24.9. The summed E-state index contributed by atoms with van der Waals surface area (Å²) in [6.45, 7) is 16.0. The SMILES string of the molecule is CC(C)c1nc(CN(C)C(=O)NC(C)(C)C(=O)O)cs1.CC(C)c1nc(CN(C)C(=O)N[C@H](C(=O)C[C@H](CC[C@H](Cc2ccccc2)NC(=O)OCc2cncs2)Cc2ccccc2)C(C)C)cs1.I. The van der Waals surface area contributed by atoms with Crippen molar-refractivity contribution in [2.45, 2.75) is 137 Å². The largest absolute Gasteiger partial charge is 0.480 e. The van der Waals surface area contributed by atoms with Crippen molar-refractivity contribution in [1.29, 1.82) is 0 Å². The monoisotopic (exact) mass is 1130 g/mol. The van der Waals surface area contributed by atoms with Gasteiger partial charge in [0.15, 0.2) is 5.78 Å². The van der Waals surface area contributed by atoms with Gasteiger partial charge in [-0.25, -0.2) is 29.1 Å². The first-order chi connectivity index (χ1) is 32.7. The van der Waals surface area contributed by atoms with Crippen LogP contribution in [-0.2, 0) is 46.9 Å². The molecule has 3 atom stereocenters. The van der Waals surface area contributed by atoms with Gasteiger partial charge in [-0.2, -0.15) is 0 Å². The fourth-order valence-corrected chi connectivity index (χ4v) is 9.24. The molecule has 0 saturated heterocycles. The molecule has 3 heterocycles. The molecule has 0 saturated carbocycles. The Morgan fingerprint density at radius 2 is 1.26 bits per heavy atom. The maximum atomic E-state index is 14.0. The highest BCUT2D eigenvalue weighted by Crippen LogP contribution is 2.24. The summed E-state index contributed by atoms with van der Waals surface area (Å²) < 4.78 is 5.50. The van der Waals surface area contributed by atoms with E-state index in [1.165, 1.54) is 30.1 Å². The van der Waals surface area contributed by atoms with Crippen molar-refractivity contribution in [2.24, 2.45) is 11.8 Å². The third-order valence-electron chi connectivity index (χ3n) is 11.1. The normalized spacial score (nSPS) is 12.5. The van der Waals surface area contributed by atoms with E-state index in [1.807, 2.05) is 73.1 Å². The van der Waals surface area contributed by atoms with Crippen molar-refractivity contribution in [3.05, 3.63) is 121 Å². The number of ether oxygens (including phenoxy) is 1. The molecule has 0 bridgehead atoms. The molecule has 0 spiro atoms. The van der Waals surface area contributed by atoms with Gasteiger partial charge >= 0.3 is 24.1 Å². The van der Waals surface area contributed by atoms with Crippen LogP contribution in [0.4, 0.5) is 14.4 Å². The van der Waals surface area contributed by atoms with Crippen molar-refractivity contribution >= 4 is 87.9 Å². The van der Waals surface area contributed by atoms with Crippen molar-refractivity contribution in [3.8, 4) is 0 Å². The molecule has 70 heavy (non-hydrogen) atoms. The van der Waals surface area contributed by atoms with Crippen molar-refractivity contribution < 1.29 is 33.8 Å². The van der Waals surface area contributed by atoms with Crippen LogP contribution in [-0.4, -0.2) is 91.5 Å². The maximum Gasteiger partial charge on any atom is 0.407 e. The number of aromatic nitrogens is 3. The number of aliphatic carboxylic acids is 1. The molecule has 19 heteroatoms. The van der Waals surface area contributed by atoms with E-state index in [0.717, 1.165) is 37.4 Å². The van der Waals surface area contributed by atoms with Gasteiger partial charge < -0.3 is 35.6 Å². The van der Waals surface area contributed by atoms with Crippen LogP contribution in [0.2, 0.25) is 0 Å². The van der Waals surface area contributed by atoms with Crippen LogP contribution in [0.1, 0.15) is 124 Å². The molecule has 0 aliphatic heterocycles. The second-order valence-corrected chi connectivity index (χ2v) is 21.5. The number of benzene rings is 2. The standard InChI is InChI=1S/C38H49N5O4S2.C13H21N3O3S.HI/c1-26(2)35(42-37(45)43(5)22-32-24-48-36(40-32)27(3)4)34(44)20-30(18-28-12-8-6-9-13-28)16-17-31(19-29-14-10-7-11-15-29)41-38(46)47-23-33-21-39-25-49-33;1-8(2)10-14-9(7-20-10)6-16(5)12(19)15-13(3,4)11(17)18;/h6-15,21,24-27,30-31,35H,16-20,22-23H2,1-5H3,(H,41,46)(H,42,45);7-8H,6H2,1-5H3,(H,15,19)(H,17,18);1H/t30-,31-,35+;;/m1../s1. The van der Waals surface area contributed by atoms with E-state index < -0.39 is 29.7 Å². The lowest BCUT2D eigenvalue weighted by atomic mass is 9.85. The van der Waals surface area contributed by atoms with Gasteiger partial charge in [0.1, 0.15) is 12.1 Å². The van der Waals surface area contributed by atoms with E-state index in [1.54, 1.807) is 53.4 Å². The third-order valence-corrected chi connectivity index (χ3v) is 14.3. The Labute approximate surface area is 442 Å². The fraction of sp³-hybridized carbons (Fsp3) is 0.490. The number of hydrogen-bond donors (Lipinski definition) is 4. The molecule has 0 unspecified atom stereocenters. The molecule has 3 aromatic heterocycles. The van der Waals surface area contributed by atoms with Gasteiger partial charge in [-0.05, 0) is 62.5 Å². The molecule has 4 N–H and O–H groups in total. The average molecular weight is 1130 g/mol. The molecular formula is C51H71IN8O7S3. The van der Waals surface area contributed by atoms with Gasteiger partial charge in [0.25, 0.3) is 0 Å². The Morgan fingerprint density at radius 3 is 1.73 bits per heavy atom. The quantitative estimate of drug-likeness (QED) is 0.0457. The van der Waals surface area contributed by atoms with E-state index in [-0.39, 0.29) is 60.3 Å². The summed E-state index contributed by atoms with van der Waals surface area (Å²) >= 11 is 4.60. The second-order valence-electron chi connectivity index (χ2n) is 18.8.